The van der Waals surface area contributed by atoms with E-state index < -0.39 is 17.9 Å². The Bertz CT molecular complexity index is 758. The molecule has 0 aliphatic carbocycles. The van der Waals surface area contributed by atoms with Gasteiger partial charge in [0.2, 0.25) is 0 Å². The Balaban J connectivity index is 2.43. The van der Waals surface area contributed by atoms with E-state index in [-0.39, 0.29) is 12.0 Å². The second kappa shape index (κ2) is 6.95. The van der Waals surface area contributed by atoms with Crippen LogP contribution in [0, 0.1) is 6.92 Å². The number of H-pyrrole nitrogens is 2. The van der Waals surface area contributed by atoms with E-state index in [0.29, 0.717) is 16.8 Å². The van der Waals surface area contributed by atoms with Crippen LogP contribution < -0.4 is 5.56 Å². The molecule has 122 valence electrons. The monoisotopic (exact) mass is 318 g/mol. The van der Waals surface area contributed by atoms with Crippen LogP contribution in [0.5, 0.6) is 0 Å². The molecule has 1 atom stereocenters. The molecule has 0 radical (unpaired) electrons. The zero-order chi connectivity index (χ0) is 17.0. The highest BCUT2D eigenvalue weighted by molar-refractivity contribution is 5.89. The molecule has 1 heterocycles. The Morgan fingerprint density at radius 2 is 1.74 bits per heavy atom. The highest BCUT2D eigenvalue weighted by Crippen LogP contribution is 2.28. The van der Waals surface area contributed by atoms with Gasteiger partial charge in [0.25, 0.3) is 5.56 Å². The Kier molecular flexibility index (Phi) is 5.00. The van der Waals surface area contributed by atoms with Gasteiger partial charge in [0.05, 0.1) is 26.2 Å². The standard InChI is InChI=1S/C16H18N2O5/c1-9-14(15(20)18-17-9)12(8-13(19)22-2)10-4-6-11(7-5-10)16(21)23-3/h4-7,12H,8H2,1-3H3,(H2,17,18,20)/t12-/m1/s1. The third-order valence-corrected chi connectivity index (χ3v) is 3.69. The number of carbonyl (C=O) groups excluding carboxylic acids is 2. The van der Waals surface area contributed by atoms with Gasteiger partial charge in [-0.2, -0.15) is 0 Å². The molecule has 1 aromatic carbocycles. The predicted octanol–water partition coefficient (Wildman–Crippen LogP) is 1.49. The average Bonchev–Trinajstić information content (AvgIpc) is 2.90. The quantitative estimate of drug-likeness (QED) is 0.813. The summed E-state index contributed by atoms with van der Waals surface area (Å²) >= 11 is 0. The molecule has 0 bridgehead atoms. The van der Waals surface area contributed by atoms with Crippen molar-refractivity contribution in [3.05, 3.63) is 57.0 Å². The van der Waals surface area contributed by atoms with Crippen LogP contribution in [0.15, 0.2) is 29.1 Å². The SMILES string of the molecule is COC(=O)C[C@H](c1ccc(C(=O)OC)cc1)c1c(C)[nH][nH]c1=O. The molecule has 2 aromatic rings. The maximum atomic E-state index is 12.0. The molecule has 0 amide bonds. The number of nitrogens with one attached hydrogen (secondary N) is 2. The van der Waals surface area contributed by atoms with Crippen molar-refractivity contribution in [1.29, 1.82) is 0 Å². The van der Waals surface area contributed by atoms with E-state index in [2.05, 4.69) is 14.9 Å². The molecule has 0 aliphatic heterocycles. The normalized spacial score (nSPS) is 11.8. The summed E-state index contributed by atoms with van der Waals surface area (Å²) in [5, 5.41) is 5.26. The summed E-state index contributed by atoms with van der Waals surface area (Å²) < 4.78 is 9.38. The number of carbonyl (C=O) groups is 2. The van der Waals surface area contributed by atoms with E-state index in [1.54, 1.807) is 31.2 Å². The first kappa shape index (κ1) is 16.5. The molecular weight excluding hydrogens is 300 g/mol. The summed E-state index contributed by atoms with van der Waals surface area (Å²) in [4.78, 5) is 35.2. The van der Waals surface area contributed by atoms with Crippen LogP contribution in [0.4, 0.5) is 0 Å². The van der Waals surface area contributed by atoms with Gasteiger partial charge in [-0.1, -0.05) is 12.1 Å². The van der Waals surface area contributed by atoms with Gasteiger partial charge in [-0.25, -0.2) is 4.79 Å². The molecule has 1 aromatic heterocycles. The molecule has 0 saturated heterocycles. The number of aryl methyl sites for hydroxylation is 1. The number of hydrogen-bond acceptors (Lipinski definition) is 5. The minimum Gasteiger partial charge on any atom is -0.469 e. The minimum atomic E-state index is -0.468. The molecule has 0 aliphatic rings. The van der Waals surface area contributed by atoms with E-state index in [1.165, 1.54) is 14.2 Å². The summed E-state index contributed by atoms with van der Waals surface area (Å²) in [7, 11) is 2.60. The number of benzene rings is 1. The number of aromatic nitrogens is 2. The van der Waals surface area contributed by atoms with Crippen molar-refractivity contribution >= 4 is 11.9 Å². The van der Waals surface area contributed by atoms with Crippen molar-refractivity contribution in [2.45, 2.75) is 19.3 Å². The lowest BCUT2D eigenvalue weighted by Crippen LogP contribution is -2.17. The van der Waals surface area contributed by atoms with Crippen LogP contribution >= 0.6 is 0 Å². The Labute approximate surface area is 132 Å². The minimum absolute atomic E-state index is 0.0237. The van der Waals surface area contributed by atoms with Gasteiger partial charge in [-0.15, -0.1) is 0 Å². The fraction of sp³-hybridized carbons (Fsp3) is 0.312. The number of rotatable bonds is 5. The number of hydrogen-bond donors (Lipinski definition) is 2. The second-order valence-corrected chi connectivity index (χ2v) is 5.06. The first-order valence-corrected chi connectivity index (χ1v) is 7.00. The van der Waals surface area contributed by atoms with Crippen LogP contribution in [-0.4, -0.2) is 36.4 Å². The topological polar surface area (TPSA) is 101 Å². The molecule has 23 heavy (non-hydrogen) atoms. The van der Waals surface area contributed by atoms with Crippen molar-refractivity contribution in [1.82, 2.24) is 10.2 Å². The van der Waals surface area contributed by atoms with Crippen molar-refractivity contribution in [3.63, 3.8) is 0 Å². The molecule has 0 saturated carbocycles. The van der Waals surface area contributed by atoms with Gasteiger partial charge in [0.15, 0.2) is 0 Å². The maximum absolute atomic E-state index is 12.0. The number of esters is 2. The van der Waals surface area contributed by atoms with Gasteiger partial charge >= 0.3 is 11.9 Å². The summed E-state index contributed by atoms with van der Waals surface area (Å²) in [6.07, 6.45) is 0.0237. The molecular formula is C16H18N2O5. The van der Waals surface area contributed by atoms with Crippen LogP contribution in [-0.2, 0) is 14.3 Å². The fourth-order valence-electron chi connectivity index (χ4n) is 2.48. The molecule has 2 N–H and O–H groups in total. The van der Waals surface area contributed by atoms with Gasteiger partial charge in [0.1, 0.15) is 0 Å². The molecule has 0 unspecified atom stereocenters. The Morgan fingerprint density at radius 1 is 1.09 bits per heavy atom. The Hall–Kier alpha value is -2.83. The first-order valence-electron chi connectivity index (χ1n) is 7.00. The molecule has 7 heteroatoms. The first-order chi connectivity index (χ1) is 11.0. The lowest BCUT2D eigenvalue weighted by Gasteiger charge is -2.15. The summed E-state index contributed by atoms with van der Waals surface area (Å²) in [5.74, 6) is -1.34. The molecule has 7 nitrogen and oxygen atoms in total. The van der Waals surface area contributed by atoms with E-state index >= 15 is 0 Å². The summed E-state index contributed by atoms with van der Waals surface area (Å²) in [6.45, 7) is 1.75. The van der Waals surface area contributed by atoms with E-state index in [1.807, 2.05) is 0 Å². The van der Waals surface area contributed by atoms with Gasteiger partial charge in [-0.05, 0) is 24.6 Å². The predicted molar refractivity (Wildman–Crippen MR) is 82.4 cm³/mol. The summed E-state index contributed by atoms with van der Waals surface area (Å²) in [6, 6.07) is 6.60. The smallest absolute Gasteiger partial charge is 0.337 e. The van der Waals surface area contributed by atoms with Crippen molar-refractivity contribution in [3.8, 4) is 0 Å². The maximum Gasteiger partial charge on any atom is 0.337 e. The number of ether oxygens (including phenoxy) is 2. The van der Waals surface area contributed by atoms with E-state index in [4.69, 9.17) is 4.74 Å². The highest BCUT2D eigenvalue weighted by Gasteiger charge is 2.24. The van der Waals surface area contributed by atoms with Crippen LogP contribution in [0.1, 0.15) is 39.5 Å². The third kappa shape index (κ3) is 3.50. The average molecular weight is 318 g/mol. The van der Waals surface area contributed by atoms with Crippen molar-refractivity contribution < 1.29 is 19.1 Å². The highest BCUT2D eigenvalue weighted by atomic mass is 16.5. The lowest BCUT2D eigenvalue weighted by atomic mass is 9.88. The molecule has 0 fully saturated rings. The van der Waals surface area contributed by atoms with E-state index in [9.17, 15) is 14.4 Å². The fourth-order valence-corrected chi connectivity index (χ4v) is 2.48. The lowest BCUT2D eigenvalue weighted by molar-refractivity contribution is -0.140. The zero-order valence-electron chi connectivity index (χ0n) is 13.1. The van der Waals surface area contributed by atoms with Crippen molar-refractivity contribution in [2.24, 2.45) is 0 Å². The third-order valence-electron chi connectivity index (χ3n) is 3.69. The van der Waals surface area contributed by atoms with Crippen LogP contribution in [0.3, 0.4) is 0 Å². The second-order valence-electron chi connectivity index (χ2n) is 5.06. The van der Waals surface area contributed by atoms with Crippen LogP contribution in [0.25, 0.3) is 0 Å². The molecule has 0 spiro atoms. The largest absolute Gasteiger partial charge is 0.469 e. The van der Waals surface area contributed by atoms with Crippen molar-refractivity contribution in [2.75, 3.05) is 14.2 Å². The zero-order valence-corrected chi connectivity index (χ0v) is 13.1. The van der Waals surface area contributed by atoms with E-state index in [0.717, 1.165) is 5.56 Å². The van der Waals surface area contributed by atoms with Gasteiger partial charge in [-0.3, -0.25) is 14.7 Å². The number of methoxy groups -OCH3 is 2. The van der Waals surface area contributed by atoms with Crippen LogP contribution in [0.2, 0.25) is 0 Å². The molecule has 2 rings (SSSR count). The van der Waals surface area contributed by atoms with Gasteiger partial charge < -0.3 is 14.6 Å². The van der Waals surface area contributed by atoms with Gasteiger partial charge in [0, 0.05) is 17.2 Å². The summed E-state index contributed by atoms with van der Waals surface area (Å²) in [5.41, 5.74) is 1.97. The Morgan fingerprint density at radius 3 is 2.22 bits per heavy atom. The number of aromatic amines is 2.